The average molecular weight is 523 g/mol. The average Bonchev–Trinajstić information content (AvgIpc) is 2.75. The monoisotopic (exact) mass is 523 g/mol. The Hall–Kier alpha value is -1.64. The second kappa shape index (κ2) is 12.9. The van der Waals surface area contributed by atoms with Crippen LogP contribution in [0.5, 0.6) is 0 Å². The maximum atomic E-state index is 6.05. The minimum absolute atomic E-state index is 0. The van der Waals surface area contributed by atoms with Gasteiger partial charge >= 0.3 is 0 Å². The molecular weight excluding hydrogens is 489 g/mol. The van der Waals surface area contributed by atoms with Crippen molar-refractivity contribution in [1.82, 2.24) is 10.2 Å². The quantitative estimate of drug-likeness (QED) is 0.330. The van der Waals surface area contributed by atoms with Gasteiger partial charge < -0.3 is 19.7 Å². The zero-order valence-electron chi connectivity index (χ0n) is 18.3. The van der Waals surface area contributed by atoms with E-state index in [9.17, 15) is 0 Å². The Balaban J connectivity index is 0.00000320. The van der Waals surface area contributed by atoms with Crippen molar-refractivity contribution >= 4 is 29.9 Å². The van der Waals surface area contributed by atoms with E-state index >= 15 is 0 Å². The zero-order valence-corrected chi connectivity index (χ0v) is 20.6. The van der Waals surface area contributed by atoms with Gasteiger partial charge in [0.15, 0.2) is 5.96 Å². The van der Waals surface area contributed by atoms with Crippen molar-refractivity contribution in [2.75, 3.05) is 27.3 Å². The first-order valence-electron chi connectivity index (χ1n) is 10.4. The topological polar surface area (TPSA) is 46.1 Å². The molecule has 0 aromatic heterocycles. The van der Waals surface area contributed by atoms with Gasteiger partial charge in [0, 0.05) is 40.4 Å². The van der Waals surface area contributed by atoms with E-state index < -0.39 is 0 Å². The molecule has 30 heavy (non-hydrogen) atoms. The van der Waals surface area contributed by atoms with E-state index in [4.69, 9.17) is 9.47 Å². The molecule has 0 spiro atoms. The highest BCUT2D eigenvalue weighted by Crippen LogP contribution is 2.14. The third-order valence-corrected chi connectivity index (χ3v) is 5.34. The fraction of sp³-hybridized carbons (Fsp3) is 0.458. The smallest absolute Gasteiger partial charge is 0.193 e. The van der Waals surface area contributed by atoms with Gasteiger partial charge in [-0.15, -0.1) is 24.0 Å². The fourth-order valence-electron chi connectivity index (χ4n) is 3.57. The Bertz CT molecular complexity index is 807. The molecule has 0 amide bonds. The number of hydrogen-bond donors (Lipinski definition) is 1. The van der Waals surface area contributed by atoms with Gasteiger partial charge in [0.05, 0.1) is 12.7 Å². The zero-order chi connectivity index (χ0) is 20.5. The predicted molar refractivity (Wildman–Crippen MR) is 133 cm³/mol. The number of nitrogens with zero attached hydrogens (tertiary/aromatic N) is 2. The van der Waals surface area contributed by atoms with Crippen LogP contribution in [0.15, 0.2) is 53.5 Å². The molecule has 2 aromatic rings. The molecule has 0 atom stereocenters. The summed E-state index contributed by atoms with van der Waals surface area (Å²) in [4.78, 5) is 6.60. The molecule has 5 nitrogen and oxygen atoms in total. The summed E-state index contributed by atoms with van der Waals surface area (Å²) in [6, 6.07) is 17.0. The number of nitrogens with one attached hydrogen (secondary N) is 1. The van der Waals surface area contributed by atoms with E-state index in [2.05, 4.69) is 77.7 Å². The van der Waals surface area contributed by atoms with Gasteiger partial charge in [0.25, 0.3) is 0 Å². The molecular formula is C24H34IN3O2. The summed E-state index contributed by atoms with van der Waals surface area (Å²) in [5.74, 6) is 0.886. The van der Waals surface area contributed by atoms with Gasteiger partial charge in [-0.2, -0.15) is 0 Å². The molecule has 164 valence electrons. The number of benzene rings is 2. The SMILES string of the molecule is CN=C(NCc1cccc(COC2CCOCC2)c1)N(C)Cc1ccccc1C.I. The molecule has 0 unspecified atom stereocenters. The fourth-order valence-corrected chi connectivity index (χ4v) is 3.57. The summed E-state index contributed by atoms with van der Waals surface area (Å²) < 4.78 is 11.4. The molecule has 0 radical (unpaired) electrons. The van der Waals surface area contributed by atoms with Crippen LogP contribution in [0, 0.1) is 6.92 Å². The van der Waals surface area contributed by atoms with Crippen LogP contribution in [0.4, 0.5) is 0 Å². The van der Waals surface area contributed by atoms with E-state index in [1.54, 1.807) is 0 Å². The Labute approximate surface area is 197 Å². The number of hydrogen-bond acceptors (Lipinski definition) is 3. The van der Waals surface area contributed by atoms with Crippen molar-refractivity contribution < 1.29 is 9.47 Å². The molecule has 1 fully saturated rings. The first-order chi connectivity index (χ1) is 14.2. The lowest BCUT2D eigenvalue weighted by atomic mass is 10.1. The molecule has 1 saturated heterocycles. The lowest BCUT2D eigenvalue weighted by Gasteiger charge is -2.23. The number of halogens is 1. The summed E-state index contributed by atoms with van der Waals surface area (Å²) >= 11 is 0. The molecule has 0 saturated carbocycles. The second-order valence-corrected chi connectivity index (χ2v) is 7.63. The maximum absolute atomic E-state index is 6.05. The van der Waals surface area contributed by atoms with Gasteiger partial charge in [-0.3, -0.25) is 4.99 Å². The number of rotatable bonds is 7. The largest absolute Gasteiger partial charge is 0.381 e. The Morgan fingerprint density at radius 3 is 2.60 bits per heavy atom. The normalized spacial score (nSPS) is 14.8. The number of aliphatic imine (C=N–C) groups is 1. The van der Waals surface area contributed by atoms with Crippen molar-refractivity contribution in [2.24, 2.45) is 4.99 Å². The lowest BCUT2D eigenvalue weighted by molar-refractivity contribution is -0.0390. The standard InChI is InChI=1S/C24H33N3O2.HI/c1-19-7-4-5-10-22(19)17-27(3)24(25-2)26-16-20-8-6-9-21(15-20)18-29-23-11-13-28-14-12-23;/h4-10,15,23H,11-14,16-18H2,1-3H3,(H,25,26);1H. The molecule has 0 aliphatic carbocycles. The van der Waals surface area contributed by atoms with E-state index in [1.807, 2.05) is 7.05 Å². The maximum Gasteiger partial charge on any atom is 0.193 e. The van der Waals surface area contributed by atoms with Crippen molar-refractivity contribution in [1.29, 1.82) is 0 Å². The molecule has 2 aromatic carbocycles. The van der Waals surface area contributed by atoms with Crippen molar-refractivity contribution in [3.8, 4) is 0 Å². The molecule has 1 heterocycles. The van der Waals surface area contributed by atoms with Crippen LogP contribution in [0.25, 0.3) is 0 Å². The van der Waals surface area contributed by atoms with E-state index in [1.165, 1.54) is 22.3 Å². The third kappa shape index (κ3) is 7.56. The second-order valence-electron chi connectivity index (χ2n) is 7.63. The van der Waals surface area contributed by atoms with Gasteiger partial charge in [-0.05, 0) is 42.0 Å². The highest BCUT2D eigenvalue weighted by Gasteiger charge is 2.14. The van der Waals surface area contributed by atoms with Crippen LogP contribution < -0.4 is 5.32 Å². The van der Waals surface area contributed by atoms with Crippen LogP contribution in [-0.4, -0.2) is 44.3 Å². The molecule has 1 aliphatic heterocycles. The van der Waals surface area contributed by atoms with Gasteiger partial charge in [0.2, 0.25) is 0 Å². The summed E-state index contributed by atoms with van der Waals surface area (Å²) in [7, 11) is 3.90. The van der Waals surface area contributed by atoms with E-state index in [0.717, 1.165) is 45.1 Å². The Morgan fingerprint density at radius 2 is 1.87 bits per heavy atom. The number of guanidine groups is 1. The molecule has 6 heteroatoms. The Morgan fingerprint density at radius 1 is 1.13 bits per heavy atom. The molecule has 3 rings (SSSR count). The van der Waals surface area contributed by atoms with Crippen molar-refractivity contribution in [3.05, 3.63) is 70.8 Å². The van der Waals surface area contributed by atoms with E-state index in [-0.39, 0.29) is 24.0 Å². The van der Waals surface area contributed by atoms with Crippen LogP contribution >= 0.6 is 24.0 Å². The van der Waals surface area contributed by atoms with Gasteiger partial charge in [0.1, 0.15) is 0 Å². The van der Waals surface area contributed by atoms with Crippen LogP contribution in [0.3, 0.4) is 0 Å². The number of ether oxygens (including phenoxy) is 2. The van der Waals surface area contributed by atoms with Crippen molar-refractivity contribution in [3.63, 3.8) is 0 Å². The van der Waals surface area contributed by atoms with Crippen LogP contribution in [-0.2, 0) is 29.2 Å². The summed E-state index contributed by atoms with van der Waals surface area (Å²) in [6.45, 7) is 5.97. The van der Waals surface area contributed by atoms with Crippen LogP contribution in [0.1, 0.15) is 35.1 Å². The highest BCUT2D eigenvalue weighted by molar-refractivity contribution is 14.0. The summed E-state index contributed by atoms with van der Waals surface area (Å²) in [5, 5.41) is 3.48. The molecule has 1 aliphatic rings. The third-order valence-electron chi connectivity index (χ3n) is 5.34. The minimum atomic E-state index is 0. The first kappa shape index (κ1) is 24.6. The van der Waals surface area contributed by atoms with Crippen LogP contribution in [0.2, 0.25) is 0 Å². The first-order valence-corrected chi connectivity index (χ1v) is 10.4. The summed E-state index contributed by atoms with van der Waals surface area (Å²) in [5.41, 5.74) is 5.04. The minimum Gasteiger partial charge on any atom is -0.381 e. The lowest BCUT2D eigenvalue weighted by Crippen LogP contribution is -2.38. The molecule has 0 bridgehead atoms. The van der Waals surface area contributed by atoms with Gasteiger partial charge in [-0.1, -0.05) is 48.5 Å². The highest BCUT2D eigenvalue weighted by atomic mass is 127. The Kier molecular flexibility index (Phi) is 10.6. The predicted octanol–water partition coefficient (Wildman–Crippen LogP) is 4.52. The summed E-state index contributed by atoms with van der Waals surface area (Å²) in [6.07, 6.45) is 2.30. The molecule has 1 N–H and O–H groups in total. The van der Waals surface area contributed by atoms with Crippen molar-refractivity contribution in [2.45, 2.75) is 45.6 Å². The van der Waals surface area contributed by atoms with E-state index in [0.29, 0.717) is 12.7 Å². The number of aryl methyl sites for hydroxylation is 1. The van der Waals surface area contributed by atoms with Gasteiger partial charge in [-0.25, -0.2) is 0 Å².